The molecule has 42 heavy (non-hydrogen) atoms. The standard InChI is InChI=1S/C34H34N6O2/c1-20-29-11-10-26(34(42)38-12-2-3-27(35)19-38)18-40(29)37-32(20)31-15-24-8-6-23(14-30(24)39(31)17-21-4-5-21)22-7-9-25-16-36-33(41)28(25)13-22/h6-11,13-15,18,21,27H,2-5,12,16-17,19,35H2,1H3,(H,36,41)/t27-/m1/s1. The van der Waals surface area contributed by atoms with Crippen molar-refractivity contribution in [1.82, 2.24) is 24.4 Å². The van der Waals surface area contributed by atoms with Crippen molar-refractivity contribution in [3.63, 3.8) is 0 Å². The normalized spacial score (nSPS) is 18.6. The van der Waals surface area contributed by atoms with E-state index in [0.29, 0.717) is 24.6 Å². The molecule has 212 valence electrons. The highest BCUT2D eigenvalue weighted by Crippen LogP contribution is 2.38. The average Bonchev–Trinajstić information content (AvgIpc) is 3.54. The minimum Gasteiger partial charge on any atom is -0.348 e. The molecule has 1 atom stereocenters. The number of likely N-dealkylation sites (tertiary alicyclic amines) is 1. The zero-order valence-electron chi connectivity index (χ0n) is 23.8. The molecule has 2 amide bonds. The predicted octanol–water partition coefficient (Wildman–Crippen LogP) is 5.15. The Kier molecular flexibility index (Phi) is 5.76. The second-order valence-corrected chi connectivity index (χ2v) is 12.3. The summed E-state index contributed by atoms with van der Waals surface area (Å²) in [6, 6.07) is 19.0. The number of amides is 2. The van der Waals surface area contributed by atoms with Gasteiger partial charge in [0.05, 0.1) is 16.8 Å². The van der Waals surface area contributed by atoms with Crippen LogP contribution in [0.2, 0.25) is 0 Å². The van der Waals surface area contributed by atoms with Gasteiger partial charge in [-0.15, -0.1) is 0 Å². The quantitative estimate of drug-likeness (QED) is 0.312. The highest BCUT2D eigenvalue weighted by molar-refractivity contribution is 6.00. The molecule has 8 rings (SSSR count). The molecule has 5 heterocycles. The number of pyridine rings is 1. The minimum absolute atomic E-state index is 0.000919. The number of hydrogen-bond acceptors (Lipinski definition) is 4. The monoisotopic (exact) mass is 558 g/mol. The lowest BCUT2D eigenvalue weighted by molar-refractivity contribution is 0.0708. The van der Waals surface area contributed by atoms with Crippen molar-refractivity contribution in [2.45, 2.75) is 51.7 Å². The van der Waals surface area contributed by atoms with Gasteiger partial charge in [0, 0.05) is 60.4 Å². The molecule has 8 heteroatoms. The van der Waals surface area contributed by atoms with Gasteiger partial charge in [0.2, 0.25) is 0 Å². The summed E-state index contributed by atoms with van der Waals surface area (Å²) in [4.78, 5) is 27.5. The van der Waals surface area contributed by atoms with Crippen LogP contribution in [0.4, 0.5) is 0 Å². The van der Waals surface area contributed by atoms with Crippen molar-refractivity contribution in [3.05, 3.63) is 83.0 Å². The van der Waals surface area contributed by atoms with Crippen LogP contribution in [0.3, 0.4) is 0 Å². The number of nitrogens with one attached hydrogen (secondary N) is 1. The lowest BCUT2D eigenvalue weighted by atomic mass is 9.99. The van der Waals surface area contributed by atoms with E-state index in [9.17, 15) is 9.59 Å². The third-order valence-corrected chi connectivity index (χ3v) is 9.28. The number of piperidine rings is 1. The number of nitrogens with two attached hydrogens (primary N) is 1. The molecule has 5 aromatic rings. The van der Waals surface area contributed by atoms with E-state index < -0.39 is 0 Å². The second kappa shape index (κ2) is 9.56. The van der Waals surface area contributed by atoms with Crippen molar-refractivity contribution < 1.29 is 9.59 Å². The van der Waals surface area contributed by atoms with Gasteiger partial charge >= 0.3 is 0 Å². The number of aryl methyl sites for hydroxylation is 1. The molecule has 3 aliphatic rings. The molecular weight excluding hydrogens is 524 g/mol. The van der Waals surface area contributed by atoms with E-state index in [1.165, 1.54) is 23.7 Å². The Bertz CT molecular complexity index is 1910. The molecule has 0 unspecified atom stereocenters. The van der Waals surface area contributed by atoms with E-state index in [-0.39, 0.29) is 17.9 Å². The molecule has 1 saturated carbocycles. The smallest absolute Gasteiger partial charge is 0.255 e. The molecule has 0 bridgehead atoms. The maximum Gasteiger partial charge on any atom is 0.255 e. The van der Waals surface area contributed by atoms with Crippen LogP contribution >= 0.6 is 0 Å². The van der Waals surface area contributed by atoms with Crippen molar-refractivity contribution >= 4 is 28.2 Å². The number of hydrogen-bond donors (Lipinski definition) is 2. The molecule has 0 spiro atoms. The number of nitrogens with zero attached hydrogens (tertiary/aromatic N) is 4. The minimum atomic E-state index is -0.000919. The van der Waals surface area contributed by atoms with Crippen LogP contribution in [-0.2, 0) is 13.1 Å². The lowest BCUT2D eigenvalue weighted by Gasteiger charge is -2.30. The summed E-state index contributed by atoms with van der Waals surface area (Å²) in [6.45, 7) is 5.00. The van der Waals surface area contributed by atoms with Gasteiger partial charge in [-0.1, -0.05) is 24.3 Å². The van der Waals surface area contributed by atoms with Gasteiger partial charge in [-0.05, 0) is 85.5 Å². The first-order valence-corrected chi connectivity index (χ1v) is 15.0. The summed E-state index contributed by atoms with van der Waals surface area (Å²) < 4.78 is 4.29. The van der Waals surface area contributed by atoms with E-state index in [4.69, 9.17) is 10.8 Å². The summed E-state index contributed by atoms with van der Waals surface area (Å²) in [5, 5.41) is 9.14. The van der Waals surface area contributed by atoms with Gasteiger partial charge in [-0.3, -0.25) is 9.59 Å². The van der Waals surface area contributed by atoms with Crippen LogP contribution in [0, 0.1) is 12.8 Å². The Morgan fingerprint density at radius 2 is 1.86 bits per heavy atom. The van der Waals surface area contributed by atoms with Crippen LogP contribution in [0.15, 0.2) is 60.8 Å². The van der Waals surface area contributed by atoms with Crippen LogP contribution in [0.1, 0.15) is 57.5 Å². The van der Waals surface area contributed by atoms with E-state index >= 15 is 0 Å². The Labute approximate surface area is 244 Å². The fraction of sp³-hybridized carbons (Fsp3) is 0.324. The third-order valence-electron chi connectivity index (χ3n) is 9.28. The van der Waals surface area contributed by atoms with Gasteiger partial charge in [0.15, 0.2) is 0 Å². The van der Waals surface area contributed by atoms with Crippen molar-refractivity contribution in [3.8, 4) is 22.5 Å². The molecule has 1 saturated heterocycles. The maximum atomic E-state index is 13.3. The van der Waals surface area contributed by atoms with Gasteiger partial charge in [-0.2, -0.15) is 5.10 Å². The highest BCUT2D eigenvalue weighted by Gasteiger charge is 2.27. The summed E-state index contributed by atoms with van der Waals surface area (Å²) in [7, 11) is 0. The first-order valence-electron chi connectivity index (χ1n) is 15.0. The van der Waals surface area contributed by atoms with Crippen LogP contribution in [0.25, 0.3) is 38.9 Å². The molecule has 2 aromatic carbocycles. The predicted molar refractivity (Wildman–Crippen MR) is 163 cm³/mol. The lowest BCUT2D eigenvalue weighted by Crippen LogP contribution is -2.45. The fourth-order valence-corrected chi connectivity index (χ4v) is 6.70. The first kappa shape index (κ1) is 25.3. The van der Waals surface area contributed by atoms with Gasteiger partial charge in [0.25, 0.3) is 11.8 Å². The van der Waals surface area contributed by atoms with Crippen molar-refractivity contribution in [2.24, 2.45) is 11.7 Å². The largest absolute Gasteiger partial charge is 0.348 e. The van der Waals surface area contributed by atoms with Crippen molar-refractivity contribution in [2.75, 3.05) is 13.1 Å². The third kappa shape index (κ3) is 4.20. The van der Waals surface area contributed by atoms with Gasteiger partial charge < -0.3 is 20.5 Å². The molecular formula is C34H34N6O2. The number of carbonyl (C=O) groups is 2. The van der Waals surface area contributed by atoms with E-state index in [0.717, 1.165) is 70.7 Å². The number of fused-ring (bicyclic) bond motifs is 3. The van der Waals surface area contributed by atoms with Crippen LogP contribution < -0.4 is 11.1 Å². The molecule has 3 N–H and O–H groups in total. The average molecular weight is 559 g/mol. The van der Waals surface area contributed by atoms with Crippen LogP contribution in [0.5, 0.6) is 0 Å². The second-order valence-electron chi connectivity index (χ2n) is 12.3. The Balaban J connectivity index is 1.20. The molecule has 2 fully saturated rings. The molecule has 2 aliphatic heterocycles. The van der Waals surface area contributed by atoms with E-state index in [2.05, 4.69) is 53.2 Å². The fourth-order valence-electron chi connectivity index (χ4n) is 6.70. The van der Waals surface area contributed by atoms with E-state index in [1.54, 1.807) is 0 Å². The van der Waals surface area contributed by atoms with Crippen molar-refractivity contribution in [1.29, 1.82) is 0 Å². The maximum absolute atomic E-state index is 13.3. The first-order chi connectivity index (χ1) is 20.4. The zero-order valence-corrected chi connectivity index (χ0v) is 23.8. The SMILES string of the molecule is Cc1c(-c2cc3ccc(-c4ccc5c(c4)C(=O)NC5)cc3n2CC2CC2)nn2cc(C(=O)N3CCC[C@@H](N)C3)ccc12. The Morgan fingerprint density at radius 3 is 2.69 bits per heavy atom. The Hall–Kier alpha value is -4.43. The summed E-state index contributed by atoms with van der Waals surface area (Å²) in [5.41, 5.74) is 16.0. The molecule has 0 radical (unpaired) electrons. The summed E-state index contributed by atoms with van der Waals surface area (Å²) in [6.07, 6.45) is 6.26. The highest BCUT2D eigenvalue weighted by atomic mass is 16.2. The van der Waals surface area contributed by atoms with Crippen LogP contribution in [-0.4, -0.2) is 50.0 Å². The summed E-state index contributed by atoms with van der Waals surface area (Å²) >= 11 is 0. The number of aromatic nitrogens is 3. The van der Waals surface area contributed by atoms with Gasteiger partial charge in [-0.25, -0.2) is 4.52 Å². The van der Waals surface area contributed by atoms with Gasteiger partial charge in [0.1, 0.15) is 5.69 Å². The van der Waals surface area contributed by atoms with E-state index in [1.807, 2.05) is 33.8 Å². The molecule has 1 aliphatic carbocycles. The molecule has 3 aromatic heterocycles. The number of carbonyl (C=O) groups excluding carboxylic acids is 2. The summed E-state index contributed by atoms with van der Waals surface area (Å²) in [5.74, 6) is 0.685. The number of benzene rings is 2. The molecule has 8 nitrogen and oxygen atoms in total. The topological polar surface area (TPSA) is 97.7 Å². The number of rotatable bonds is 5. The zero-order chi connectivity index (χ0) is 28.5. The Morgan fingerprint density at radius 1 is 1.02 bits per heavy atom.